The largest absolute Gasteiger partial charge is 0.481 e. The molecule has 3 unspecified atom stereocenters. The van der Waals surface area contributed by atoms with Gasteiger partial charge in [-0.2, -0.15) is 0 Å². The molecule has 21 heavy (non-hydrogen) atoms. The van der Waals surface area contributed by atoms with Crippen LogP contribution < -0.4 is 0 Å². The lowest BCUT2D eigenvalue weighted by Crippen LogP contribution is -2.34. The zero-order valence-electron chi connectivity index (χ0n) is 12.0. The van der Waals surface area contributed by atoms with E-state index in [9.17, 15) is 9.90 Å². The molecule has 1 saturated carbocycles. The average Bonchev–Trinajstić information content (AvgIpc) is 3.04. The van der Waals surface area contributed by atoms with Crippen molar-refractivity contribution in [1.82, 2.24) is 0 Å². The Hall–Kier alpha value is -2.09. The molecule has 0 radical (unpaired) electrons. The summed E-state index contributed by atoms with van der Waals surface area (Å²) < 4.78 is 0. The summed E-state index contributed by atoms with van der Waals surface area (Å²) in [7, 11) is 0. The van der Waals surface area contributed by atoms with Gasteiger partial charge in [-0.3, -0.25) is 4.79 Å². The topological polar surface area (TPSA) is 37.3 Å². The highest BCUT2D eigenvalue weighted by Gasteiger charge is 2.57. The summed E-state index contributed by atoms with van der Waals surface area (Å²) >= 11 is 0. The first kappa shape index (κ1) is 12.6. The molecule has 2 aromatic carbocycles. The van der Waals surface area contributed by atoms with E-state index >= 15 is 0 Å². The van der Waals surface area contributed by atoms with Crippen LogP contribution in [-0.2, 0) is 10.2 Å². The van der Waals surface area contributed by atoms with Crippen LogP contribution in [-0.4, -0.2) is 11.1 Å². The van der Waals surface area contributed by atoms with Crippen LogP contribution >= 0.6 is 0 Å². The van der Waals surface area contributed by atoms with Crippen molar-refractivity contribution in [2.24, 2.45) is 11.3 Å². The number of carboxylic acids is 1. The van der Waals surface area contributed by atoms with Crippen molar-refractivity contribution >= 4 is 16.7 Å². The van der Waals surface area contributed by atoms with Crippen LogP contribution in [0.3, 0.4) is 0 Å². The second-order valence-corrected chi connectivity index (χ2v) is 6.79. The van der Waals surface area contributed by atoms with E-state index in [1.54, 1.807) is 0 Å². The lowest BCUT2D eigenvalue weighted by Gasteiger charge is -2.31. The van der Waals surface area contributed by atoms with Gasteiger partial charge in [0, 0.05) is 5.41 Å². The third-order valence-corrected chi connectivity index (χ3v) is 5.55. The Bertz CT molecular complexity index is 776. The maximum atomic E-state index is 11.7. The van der Waals surface area contributed by atoms with Gasteiger partial charge >= 0.3 is 5.97 Å². The molecule has 2 aromatic rings. The Balaban J connectivity index is 1.82. The molecule has 2 aliphatic carbocycles. The fourth-order valence-electron chi connectivity index (χ4n) is 4.23. The van der Waals surface area contributed by atoms with E-state index in [1.807, 2.05) is 19.1 Å². The van der Waals surface area contributed by atoms with Crippen molar-refractivity contribution in [1.29, 1.82) is 0 Å². The van der Waals surface area contributed by atoms with Gasteiger partial charge in [-0.25, -0.2) is 0 Å². The lowest BCUT2D eigenvalue weighted by atomic mass is 9.72. The fourth-order valence-corrected chi connectivity index (χ4v) is 4.23. The maximum Gasteiger partial charge on any atom is 0.309 e. The van der Waals surface area contributed by atoms with Crippen LogP contribution in [0.5, 0.6) is 0 Å². The van der Waals surface area contributed by atoms with E-state index in [1.165, 1.54) is 16.3 Å². The van der Waals surface area contributed by atoms with Crippen molar-refractivity contribution in [2.75, 3.05) is 0 Å². The maximum absolute atomic E-state index is 11.7. The molecule has 0 aliphatic heterocycles. The molecular weight excluding hydrogens is 260 g/mol. The highest BCUT2D eigenvalue weighted by atomic mass is 16.4. The molecule has 0 spiro atoms. The molecule has 0 saturated heterocycles. The standard InChI is InChI=1S/C19H18O2/c1-18(17(20)21)12-19(9-8-16(18)11-19)15-7-6-13-4-2-3-5-14(13)10-15/h2-10,16H,11-12H2,1H3,(H,20,21). The number of carboxylic acid groups (broad SMARTS) is 1. The predicted octanol–water partition coefficient (Wildman–Crippen LogP) is 4.15. The van der Waals surface area contributed by atoms with E-state index in [0.29, 0.717) is 6.42 Å². The summed E-state index contributed by atoms with van der Waals surface area (Å²) in [6, 6.07) is 14.9. The number of benzene rings is 2. The van der Waals surface area contributed by atoms with Crippen LogP contribution in [0.1, 0.15) is 25.3 Å². The quantitative estimate of drug-likeness (QED) is 0.838. The second-order valence-electron chi connectivity index (χ2n) is 6.79. The van der Waals surface area contributed by atoms with E-state index in [-0.39, 0.29) is 11.3 Å². The molecule has 0 amide bonds. The molecule has 0 aromatic heterocycles. The zero-order chi connectivity index (χ0) is 14.7. The highest BCUT2D eigenvalue weighted by molar-refractivity contribution is 5.84. The minimum Gasteiger partial charge on any atom is -0.481 e. The van der Waals surface area contributed by atoms with Crippen LogP contribution in [0.4, 0.5) is 0 Å². The smallest absolute Gasteiger partial charge is 0.309 e. The number of carbonyl (C=O) groups is 1. The van der Waals surface area contributed by atoms with E-state index in [4.69, 9.17) is 0 Å². The van der Waals surface area contributed by atoms with Gasteiger partial charge in [0.05, 0.1) is 5.41 Å². The zero-order valence-corrected chi connectivity index (χ0v) is 12.0. The van der Waals surface area contributed by atoms with E-state index in [0.717, 1.165) is 6.42 Å². The summed E-state index contributed by atoms with van der Waals surface area (Å²) in [4.78, 5) is 11.7. The van der Waals surface area contributed by atoms with Gasteiger partial charge in [0.2, 0.25) is 0 Å². The van der Waals surface area contributed by atoms with Gasteiger partial charge in [-0.1, -0.05) is 54.6 Å². The molecule has 2 bridgehead atoms. The molecule has 2 nitrogen and oxygen atoms in total. The summed E-state index contributed by atoms with van der Waals surface area (Å²) in [6.45, 7) is 1.90. The Kier molecular flexibility index (Phi) is 2.39. The first-order valence-corrected chi connectivity index (χ1v) is 7.46. The van der Waals surface area contributed by atoms with Crippen LogP contribution in [0.25, 0.3) is 10.8 Å². The van der Waals surface area contributed by atoms with Crippen LogP contribution in [0.2, 0.25) is 0 Å². The normalized spacial score (nSPS) is 33.7. The average molecular weight is 278 g/mol. The minimum atomic E-state index is -0.667. The summed E-state index contributed by atoms with van der Waals surface area (Å²) in [5, 5.41) is 12.1. The first-order chi connectivity index (χ1) is 10.0. The molecule has 4 rings (SSSR count). The molecule has 106 valence electrons. The molecular formula is C19H18O2. The van der Waals surface area contributed by atoms with Crippen molar-refractivity contribution < 1.29 is 9.90 Å². The lowest BCUT2D eigenvalue weighted by molar-refractivity contribution is -0.149. The highest BCUT2D eigenvalue weighted by Crippen LogP contribution is 2.60. The number of fused-ring (bicyclic) bond motifs is 3. The van der Waals surface area contributed by atoms with E-state index < -0.39 is 11.4 Å². The summed E-state index contributed by atoms with van der Waals surface area (Å²) in [5.74, 6) is -0.513. The van der Waals surface area contributed by atoms with Crippen molar-refractivity contribution in [3.63, 3.8) is 0 Å². The van der Waals surface area contributed by atoms with Crippen molar-refractivity contribution in [2.45, 2.75) is 25.2 Å². The van der Waals surface area contributed by atoms with Crippen LogP contribution in [0, 0.1) is 11.3 Å². The molecule has 3 atom stereocenters. The summed E-state index contributed by atoms with van der Waals surface area (Å²) in [6.07, 6.45) is 5.99. The van der Waals surface area contributed by atoms with Gasteiger partial charge in [-0.05, 0) is 42.0 Å². The van der Waals surface area contributed by atoms with Gasteiger partial charge in [-0.15, -0.1) is 0 Å². The Morgan fingerprint density at radius 2 is 1.95 bits per heavy atom. The number of rotatable bonds is 2. The number of hydrogen-bond acceptors (Lipinski definition) is 1. The van der Waals surface area contributed by atoms with Gasteiger partial charge in [0.1, 0.15) is 0 Å². The third-order valence-electron chi connectivity index (χ3n) is 5.55. The molecule has 0 heterocycles. The molecule has 2 heteroatoms. The van der Waals surface area contributed by atoms with Gasteiger partial charge in [0.15, 0.2) is 0 Å². The Labute approximate surface area is 124 Å². The molecule has 1 fully saturated rings. The number of hydrogen-bond donors (Lipinski definition) is 1. The van der Waals surface area contributed by atoms with E-state index in [2.05, 4.69) is 42.5 Å². The van der Waals surface area contributed by atoms with Crippen molar-refractivity contribution in [3.05, 3.63) is 60.2 Å². The van der Waals surface area contributed by atoms with Gasteiger partial charge < -0.3 is 5.11 Å². The monoisotopic (exact) mass is 278 g/mol. The van der Waals surface area contributed by atoms with Crippen molar-refractivity contribution in [3.8, 4) is 0 Å². The summed E-state index contributed by atoms with van der Waals surface area (Å²) in [5.41, 5.74) is 0.535. The predicted molar refractivity (Wildman–Crippen MR) is 83.2 cm³/mol. The van der Waals surface area contributed by atoms with Gasteiger partial charge in [0.25, 0.3) is 0 Å². The molecule has 1 N–H and O–H groups in total. The SMILES string of the molecule is CC1(C(=O)O)CC2(c3ccc4ccccc4c3)C=CC1C2. The fraction of sp³-hybridized carbons (Fsp3) is 0.316. The Morgan fingerprint density at radius 3 is 2.67 bits per heavy atom. The number of aliphatic carboxylic acids is 1. The third kappa shape index (κ3) is 1.62. The minimum absolute atomic E-state index is 0.0954. The molecule has 2 aliphatic rings. The van der Waals surface area contributed by atoms with Crippen LogP contribution in [0.15, 0.2) is 54.6 Å². The Morgan fingerprint density at radius 1 is 1.19 bits per heavy atom. The first-order valence-electron chi connectivity index (χ1n) is 7.46. The second kappa shape index (κ2) is 3.97. The number of allylic oxidation sites excluding steroid dienone is 2.